The van der Waals surface area contributed by atoms with Crippen LogP contribution in [-0.4, -0.2) is 6.67 Å². The number of alkyl halides is 1. The Balaban J connectivity index is 3.08. The fourth-order valence-electron chi connectivity index (χ4n) is 0.253. The molecule has 0 fully saturated rings. The Hall–Kier alpha value is -0.400. The lowest BCUT2D eigenvalue weighted by Gasteiger charge is -1.79. The molecule has 0 saturated heterocycles. The first-order chi connectivity index (χ1) is 3.27. The first-order valence-corrected chi connectivity index (χ1v) is 2.15. The van der Waals surface area contributed by atoms with E-state index in [-0.39, 0.29) is 12.2 Å². The molecule has 0 saturated carbocycles. The van der Waals surface area contributed by atoms with Crippen LogP contribution in [0, 0.1) is 0 Å². The van der Waals surface area contributed by atoms with Crippen molar-refractivity contribution in [3.63, 3.8) is 0 Å². The minimum atomic E-state index is -0.471. The van der Waals surface area contributed by atoms with E-state index in [1.54, 1.807) is 0 Å². The van der Waals surface area contributed by atoms with Crippen LogP contribution in [0.1, 0.15) is 13.3 Å². The van der Waals surface area contributed by atoms with Crippen LogP contribution in [0.15, 0.2) is 11.9 Å². The Bertz CT molecular complexity index is 62.5. The molecule has 0 aliphatic rings. The van der Waals surface area contributed by atoms with Crippen molar-refractivity contribution in [2.75, 3.05) is 6.67 Å². The summed E-state index contributed by atoms with van der Waals surface area (Å²) in [5, 5.41) is 0. The van der Waals surface area contributed by atoms with Gasteiger partial charge in [-0.05, 0) is 13.3 Å². The molecule has 0 radical (unpaired) electrons. The molecule has 42 valence electrons. The molecule has 0 aromatic carbocycles. The van der Waals surface area contributed by atoms with Crippen LogP contribution in [0.3, 0.4) is 0 Å². The lowest BCUT2D eigenvalue weighted by Crippen LogP contribution is -1.68. The number of hydrogen-bond acceptors (Lipinski definition) is 0. The summed E-state index contributed by atoms with van der Waals surface area (Å²) >= 11 is 0. The van der Waals surface area contributed by atoms with Gasteiger partial charge in [-0.3, -0.25) is 4.39 Å². The summed E-state index contributed by atoms with van der Waals surface area (Å²) in [4.78, 5) is 0. The lowest BCUT2D eigenvalue weighted by molar-refractivity contribution is 0.496. The molecule has 0 spiro atoms. The van der Waals surface area contributed by atoms with Crippen molar-refractivity contribution in [3.8, 4) is 0 Å². The third-order valence-electron chi connectivity index (χ3n) is 0.535. The van der Waals surface area contributed by atoms with Gasteiger partial charge in [0.15, 0.2) is 0 Å². The van der Waals surface area contributed by atoms with Crippen molar-refractivity contribution in [1.29, 1.82) is 0 Å². The monoisotopic (exact) mass is 106 g/mol. The van der Waals surface area contributed by atoms with Gasteiger partial charge in [-0.1, -0.05) is 6.08 Å². The molecule has 0 unspecified atom stereocenters. The van der Waals surface area contributed by atoms with Crippen molar-refractivity contribution < 1.29 is 8.78 Å². The molecule has 0 aromatic heterocycles. The summed E-state index contributed by atoms with van der Waals surface area (Å²) in [5.41, 5.74) is 0. The summed E-state index contributed by atoms with van der Waals surface area (Å²) in [7, 11) is 0. The van der Waals surface area contributed by atoms with Crippen LogP contribution >= 0.6 is 0 Å². The average Bonchev–Trinajstić information content (AvgIpc) is 1.61. The molecule has 0 heterocycles. The summed E-state index contributed by atoms with van der Waals surface area (Å²) < 4.78 is 22.7. The Morgan fingerprint density at radius 1 is 1.71 bits per heavy atom. The molecule has 0 aliphatic carbocycles. The summed E-state index contributed by atoms with van der Waals surface area (Å²) in [6.07, 6.45) is 1.42. The predicted molar refractivity (Wildman–Crippen MR) is 25.5 cm³/mol. The fraction of sp³-hybridized carbons (Fsp3) is 0.600. The molecule has 0 atom stereocenters. The largest absolute Gasteiger partial charge is 0.251 e. The van der Waals surface area contributed by atoms with Gasteiger partial charge in [0.1, 0.15) is 0 Å². The number of rotatable bonds is 2. The zero-order valence-corrected chi connectivity index (χ0v) is 4.25. The highest BCUT2D eigenvalue weighted by Crippen LogP contribution is 1.94. The summed E-state index contributed by atoms with van der Waals surface area (Å²) in [5.74, 6) is -0.308. The predicted octanol–water partition coefficient (Wildman–Crippen LogP) is 2.22. The normalized spacial score (nSPS) is 12.1. The molecule has 2 heteroatoms. The number of hydrogen-bond donors (Lipinski definition) is 0. The van der Waals surface area contributed by atoms with Crippen LogP contribution in [0.5, 0.6) is 0 Å². The van der Waals surface area contributed by atoms with E-state index in [2.05, 4.69) is 0 Å². The van der Waals surface area contributed by atoms with Gasteiger partial charge >= 0.3 is 0 Å². The van der Waals surface area contributed by atoms with Crippen LogP contribution in [0.2, 0.25) is 0 Å². The lowest BCUT2D eigenvalue weighted by atomic mass is 10.4. The molecule has 0 bridgehead atoms. The van der Waals surface area contributed by atoms with E-state index in [9.17, 15) is 8.78 Å². The van der Waals surface area contributed by atoms with Crippen LogP contribution in [0.25, 0.3) is 0 Å². The third kappa shape index (κ3) is 5.60. The van der Waals surface area contributed by atoms with Crippen molar-refractivity contribution in [2.24, 2.45) is 0 Å². The van der Waals surface area contributed by atoms with Gasteiger partial charge in [0.2, 0.25) is 0 Å². The van der Waals surface area contributed by atoms with E-state index < -0.39 is 6.67 Å². The second-order valence-electron chi connectivity index (χ2n) is 1.27. The Kier molecular flexibility index (Phi) is 3.56. The first-order valence-electron chi connectivity index (χ1n) is 2.15. The summed E-state index contributed by atoms with van der Waals surface area (Å²) in [6.45, 7) is 0.830. The van der Waals surface area contributed by atoms with Gasteiger partial charge < -0.3 is 0 Å². The topological polar surface area (TPSA) is 0 Å². The Morgan fingerprint density at radius 2 is 2.29 bits per heavy atom. The van der Waals surface area contributed by atoms with E-state index in [1.165, 1.54) is 13.0 Å². The molecule has 7 heavy (non-hydrogen) atoms. The van der Waals surface area contributed by atoms with Gasteiger partial charge in [0, 0.05) is 0 Å². The second-order valence-corrected chi connectivity index (χ2v) is 1.27. The van der Waals surface area contributed by atoms with Crippen molar-refractivity contribution in [3.05, 3.63) is 11.9 Å². The maximum absolute atomic E-state index is 11.6. The highest BCUT2D eigenvalue weighted by molar-refractivity contribution is 4.85. The van der Waals surface area contributed by atoms with Gasteiger partial charge in [-0.15, -0.1) is 0 Å². The minimum absolute atomic E-state index is 0.197. The molecule has 0 rings (SSSR count). The molecular weight excluding hydrogens is 98.1 g/mol. The zero-order chi connectivity index (χ0) is 5.70. The van der Waals surface area contributed by atoms with Crippen LogP contribution in [-0.2, 0) is 0 Å². The summed E-state index contributed by atoms with van der Waals surface area (Å²) in [6, 6.07) is 0. The molecule has 0 aliphatic heterocycles. The van der Waals surface area contributed by atoms with E-state index in [4.69, 9.17) is 0 Å². The van der Waals surface area contributed by atoms with Crippen molar-refractivity contribution >= 4 is 0 Å². The van der Waals surface area contributed by atoms with Crippen LogP contribution in [0.4, 0.5) is 8.78 Å². The highest BCUT2D eigenvalue weighted by atomic mass is 19.1. The third-order valence-corrected chi connectivity index (χ3v) is 0.535. The van der Waals surface area contributed by atoms with Gasteiger partial charge in [-0.25, -0.2) is 4.39 Å². The molecule has 0 N–H and O–H groups in total. The maximum atomic E-state index is 11.6. The second kappa shape index (κ2) is 3.78. The van der Waals surface area contributed by atoms with E-state index in [0.717, 1.165) is 0 Å². The maximum Gasteiger partial charge on any atom is 0.0929 e. The number of allylic oxidation sites excluding steroid dienone is 2. The van der Waals surface area contributed by atoms with Gasteiger partial charge in [0.25, 0.3) is 0 Å². The smallest absolute Gasteiger partial charge is 0.0929 e. The minimum Gasteiger partial charge on any atom is -0.251 e. The first kappa shape index (κ1) is 6.60. The Labute approximate surface area is 41.8 Å². The number of halogens is 2. The van der Waals surface area contributed by atoms with Gasteiger partial charge in [0.05, 0.1) is 12.5 Å². The Morgan fingerprint density at radius 3 is 2.43 bits per heavy atom. The van der Waals surface area contributed by atoms with Gasteiger partial charge in [-0.2, -0.15) is 0 Å². The standard InChI is InChI=1S/C5H8F2/c1-5(7)3-2-4-6/h3H,2,4H2,1H3/b5-3+. The quantitative estimate of drug-likeness (QED) is 0.506. The van der Waals surface area contributed by atoms with Crippen molar-refractivity contribution in [1.82, 2.24) is 0 Å². The molecular formula is C5H8F2. The van der Waals surface area contributed by atoms with E-state index in [1.807, 2.05) is 0 Å². The van der Waals surface area contributed by atoms with E-state index in [0.29, 0.717) is 0 Å². The molecule has 0 aromatic rings. The van der Waals surface area contributed by atoms with Crippen LogP contribution < -0.4 is 0 Å². The molecule has 0 nitrogen and oxygen atoms in total. The average molecular weight is 106 g/mol. The molecule has 0 amide bonds. The highest BCUT2D eigenvalue weighted by Gasteiger charge is 1.79. The SMILES string of the molecule is C/C(F)=C\CCF. The zero-order valence-electron chi connectivity index (χ0n) is 4.25. The van der Waals surface area contributed by atoms with E-state index >= 15 is 0 Å². The fourth-order valence-corrected chi connectivity index (χ4v) is 0.253. The van der Waals surface area contributed by atoms with Crippen molar-refractivity contribution in [2.45, 2.75) is 13.3 Å².